The van der Waals surface area contributed by atoms with Crippen molar-refractivity contribution in [1.82, 2.24) is 5.32 Å². The van der Waals surface area contributed by atoms with Crippen LogP contribution >= 0.6 is 12.4 Å². The van der Waals surface area contributed by atoms with Gasteiger partial charge in [0.05, 0.1) is 19.1 Å². The van der Waals surface area contributed by atoms with Gasteiger partial charge in [0.25, 0.3) is 0 Å². The minimum atomic E-state index is -0.472. The molecular weight excluding hydrogens is 364 g/mol. The molecule has 5 nitrogen and oxygen atoms in total. The van der Waals surface area contributed by atoms with Crippen LogP contribution < -0.4 is 15.4 Å². The van der Waals surface area contributed by atoms with Crippen molar-refractivity contribution in [2.75, 3.05) is 39.2 Å². The fraction of sp³-hybridized carbons (Fsp3) is 0.381. The second-order valence-electron chi connectivity index (χ2n) is 6.70. The number of halogens is 1. The van der Waals surface area contributed by atoms with Crippen LogP contribution in [0.2, 0.25) is 0 Å². The highest BCUT2D eigenvalue weighted by Gasteiger charge is 2.39. The minimum Gasteiger partial charge on any atom is -0.496 e. The molecule has 2 N–H and O–H groups in total. The van der Waals surface area contributed by atoms with Crippen molar-refractivity contribution < 1.29 is 14.3 Å². The summed E-state index contributed by atoms with van der Waals surface area (Å²) in [5, 5.41) is 6.41. The molecule has 1 heterocycles. The highest BCUT2D eigenvalue weighted by atomic mass is 35.5. The third-order valence-corrected chi connectivity index (χ3v) is 5.00. The molecule has 0 saturated carbocycles. The van der Waals surface area contributed by atoms with E-state index >= 15 is 0 Å². The van der Waals surface area contributed by atoms with Crippen molar-refractivity contribution in [2.24, 2.45) is 5.41 Å². The fourth-order valence-corrected chi connectivity index (χ4v) is 3.53. The maximum Gasteiger partial charge on any atom is 0.233 e. The third-order valence-electron chi connectivity index (χ3n) is 5.00. The van der Waals surface area contributed by atoms with Gasteiger partial charge in [0.1, 0.15) is 5.75 Å². The van der Waals surface area contributed by atoms with Crippen LogP contribution in [0.4, 0.5) is 5.69 Å². The minimum absolute atomic E-state index is 0. The highest BCUT2D eigenvalue weighted by Crippen LogP contribution is 2.33. The number of rotatable bonds is 6. The summed E-state index contributed by atoms with van der Waals surface area (Å²) in [4.78, 5) is 13.0. The van der Waals surface area contributed by atoms with Gasteiger partial charge in [0.2, 0.25) is 5.91 Å². The van der Waals surface area contributed by atoms with E-state index in [2.05, 4.69) is 10.6 Å². The molecule has 2 aromatic carbocycles. The summed E-state index contributed by atoms with van der Waals surface area (Å²) in [6, 6.07) is 15.7. The Morgan fingerprint density at radius 3 is 2.56 bits per heavy atom. The van der Waals surface area contributed by atoms with Crippen LogP contribution in [-0.2, 0) is 9.53 Å². The first kappa shape index (κ1) is 21.2. The topological polar surface area (TPSA) is 59.6 Å². The summed E-state index contributed by atoms with van der Waals surface area (Å²) < 4.78 is 10.8. The van der Waals surface area contributed by atoms with Crippen LogP contribution in [0.3, 0.4) is 0 Å². The van der Waals surface area contributed by atoms with Gasteiger partial charge in [-0.2, -0.15) is 0 Å². The van der Waals surface area contributed by atoms with Crippen molar-refractivity contribution in [3.05, 3.63) is 48.5 Å². The molecule has 1 aliphatic heterocycles. The van der Waals surface area contributed by atoms with Crippen LogP contribution in [-0.4, -0.2) is 39.8 Å². The molecule has 6 heteroatoms. The van der Waals surface area contributed by atoms with E-state index in [-0.39, 0.29) is 18.3 Å². The van der Waals surface area contributed by atoms with Gasteiger partial charge >= 0.3 is 0 Å². The molecular formula is C21H27ClN2O3. The molecule has 3 rings (SSSR count). The van der Waals surface area contributed by atoms with Gasteiger partial charge in [-0.25, -0.2) is 0 Å². The van der Waals surface area contributed by atoms with Gasteiger partial charge in [-0.3, -0.25) is 4.79 Å². The van der Waals surface area contributed by atoms with Crippen LogP contribution in [0.15, 0.2) is 48.5 Å². The smallest absolute Gasteiger partial charge is 0.233 e. The summed E-state index contributed by atoms with van der Waals surface area (Å²) in [5.74, 6) is 0.836. The average molecular weight is 391 g/mol. The lowest BCUT2D eigenvalue weighted by atomic mass is 9.78. The van der Waals surface area contributed by atoms with E-state index in [1.165, 1.54) is 0 Å². The zero-order valence-electron chi connectivity index (χ0n) is 15.8. The van der Waals surface area contributed by atoms with Crippen molar-refractivity contribution in [1.29, 1.82) is 0 Å². The van der Waals surface area contributed by atoms with Crippen molar-refractivity contribution >= 4 is 24.0 Å². The predicted molar refractivity (Wildman–Crippen MR) is 111 cm³/mol. The molecule has 0 unspecified atom stereocenters. The van der Waals surface area contributed by atoms with E-state index < -0.39 is 5.41 Å². The number of ether oxygens (including phenoxy) is 2. The van der Waals surface area contributed by atoms with Crippen LogP contribution in [0, 0.1) is 5.41 Å². The second kappa shape index (κ2) is 9.74. The van der Waals surface area contributed by atoms with Gasteiger partial charge in [-0.05, 0) is 49.7 Å². The number of carbonyl (C=O) groups is 1. The lowest BCUT2D eigenvalue weighted by Gasteiger charge is -2.35. The fourth-order valence-electron chi connectivity index (χ4n) is 3.53. The molecule has 27 heavy (non-hydrogen) atoms. The monoisotopic (exact) mass is 390 g/mol. The van der Waals surface area contributed by atoms with Gasteiger partial charge in [0, 0.05) is 18.4 Å². The molecule has 2 aromatic rings. The Morgan fingerprint density at radius 1 is 1.11 bits per heavy atom. The van der Waals surface area contributed by atoms with E-state index in [4.69, 9.17) is 9.47 Å². The Labute approximate surface area is 166 Å². The molecule has 0 bridgehead atoms. The Hall–Kier alpha value is -2.08. The molecule has 0 atom stereocenters. The van der Waals surface area contributed by atoms with Crippen LogP contribution in [0.25, 0.3) is 11.1 Å². The Bertz CT molecular complexity index is 755. The Morgan fingerprint density at radius 2 is 1.85 bits per heavy atom. The maximum atomic E-state index is 13.0. The summed E-state index contributed by atoms with van der Waals surface area (Å²) in [5.41, 5.74) is 2.32. The average Bonchev–Trinajstić information content (AvgIpc) is 2.69. The number of hydrogen-bond acceptors (Lipinski definition) is 4. The molecule has 1 saturated heterocycles. The molecule has 146 valence electrons. The number of methoxy groups -OCH3 is 2. The number of piperidine rings is 1. The molecule has 0 aromatic heterocycles. The van der Waals surface area contributed by atoms with E-state index in [0.29, 0.717) is 6.61 Å². The van der Waals surface area contributed by atoms with Gasteiger partial charge in [-0.15, -0.1) is 12.4 Å². The van der Waals surface area contributed by atoms with Crippen molar-refractivity contribution in [2.45, 2.75) is 12.8 Å². The van der Waals surface area contributed by atoms with Gasteiger partial charge < -0.3 is 20.1 Å². The molecule has 1 aliphatic rings. The molecule has 0 spiro atoms. The van der Waals surface area contributed by atoms with Gasteiger partial charge in [0.15, 0.2) is 0 Å². The number of nitrogens with one attached hydrogen (secondary N) is 2. The molecule has 0 radical (unpaired) electrons. The molecule has 1 amide bonds. The van der Waals surface area contributed by atoms with Crippen LogP contribution in [0.5, 0.6) is 5.75 Å². The van der Waals surface area contributed by atoms with E-state index in [9.17, 15) is 4.79 Å². The van der Waals surface area contributed by atoms with Crippen molar-refractivity contribution in [3.8, 4) is 16.9 Å². The first-order valence-electron chi connectivity index (χ1n) is 8.93. The SMILES string of the molecule is COCC1(C(=O)Nc2cccc(-c3ccccc3OC)c2)CCNCC1.Cl. The zero-order valence-corrected chi connectivity index (χ0v) is 16.6. The third kappa shape index (κ3) is 4.80. The van der Waals surface area contributed by atoms with Crippen molar-refractivity contribution in [3.63, 3.8) is 0 Å². The number of benzene rings is 2. The summed E-state index contributed by atoms with van der Waals surface area (Å²) in [7, 11) is 3.31. The number of anilines is 1. The number of amides is 1. The summed E-state index contributed by atoms with van der Waals surface area (Å²) >= 11 is 0. The first-order chi connectivity index (χ1) is 12.7. The Balaban J connectivity index is 0.00000261. The first-order valence-corrected chi connectivity index (χ1v) is 8.93. The standard InChI is InChI=1S/C21H26N2O3.ClH/c1-25-15-21(10-12-22-13-11-21)20(24)23-17-7-5-6-16(14-17)18-8-3-4-9-19(18)26-2;/h3-9,14,22H,10-13,15H2,1-2H3,(H,23,24);1H. The van der Waals surface area contributed by atoms with Gasteiger partial charge in [-0.1, -0.05) is 30.3 Å². The Kier molecular flexibility index (Phi) is 7.66. The zero-order chi connectivity index (χ0) is 18.4. The largest absolute Gasteiger partial charge is 0.496 e. The molecule has 1 fully saturated rings. The number of carbonyl (C=O) groups excluding carboxylic acids is 1. The quantitative estimate of drug-likeness (QED) is 0.788. The summed E-state index contributed by atoms with van der Waals surface area (Å²) in [6.07, 6.45) is 1.55. The highest BCUT2D eigenvalue weighted by molar-refractivity contribution is 5.96. The van der Waals surface area contributed by atoms with Crippen LogP contribution in [0.1, 0.15) is 12.8 Å². The summed E-state index contributed by atoms with van der Waals surface area (Å²) in [6.45, 7) is 2.10. The molecule has 0 aliphatic carbocycles. The lowest BCUT2D eigenvalue weighted by Crippen LogP contribution is -2.47. The normalized spacial score (nSPS) is 15.5. The predicted octanol–water partition coefficient (Wildman–Crippen LogP) is 3.74. The van der Waals surface area contributed by atoms with E-state index in [1.807, 2.05) is 48.5 Å². The lowest BCUT2D eigenvalue weighted by molar-refractivity contribution is -0.130. The number of hydrogen-bond donors (Lipinski definition) is 2. The second-order valence-corrected chi connectivity index (χ2v) is 6.70. The van der Waals surface area contributed by atoms with E-state index in [1.54, 1.807) is 14.2 Å². The maximum absolute atomic E-state index is 13.0. The number of para-hydroxylation sites is 1. The van der Waals surface area contributed by atoms with E-state index in [0.717, 1.165) is 48.5 Å².